The monoisotopic (exact) mass is 149 g/mol. The number of rotatable bonds is 2. The molecule has 0 N–H and O–H groups in total. The van der Waals surface area contributed by atoms with Gasteiger partial charge in [-0.25, -0.2) is 8.78 Å². The Morgan fingerprint density at radius 3 is 2.40 bits per heavy atom. The zero-order valence-electron chi connectivity index (χ0n) is 5.68. The third-order valence-corrected chi connectivity index (χ3v) is 1.81. The molecule has 58 valence electrons. The summed E-state index contributed by atoms with van der Waals surface area (Å²) in [6, 6.07) is -0.243. The summed E-state index contributed by atoms with van der Waals surface area (Å²) in [6.45, 7) is 0. The SMILES string of the molecule is CN(C=O)C1CC(F)(F)C1. The lowest BCUT2D eigenvalue weighted by Gasteiger charge is -2.38. The lowest BCUT2D eigenvalue weighted by atomic mass is 9.87. The zero-order valence-corrected chi connectivity index (χ0v) is 5.68. The van der Waals surface area contributed by atoms with Gasteiger partial charge in [-0.1, -0.05) is 0 Å². The number of amides is 1. The van der Waals surface area contributed by atoms with E-state index in [1.54, 1.807) is 0 Å². The average molecular weight is 149 g/mol. The number of hydrogen-bond donors (Lipinski definition) is 0. The van der Waals surface area contributed by atoms with Gasteiger partial charge in [0, 0.05) is 25.9 Å². The minimum Gasteiger partial charge on any atom is -0.345 e. The molecular weight excluding hydrogens is 140 g/mol. The van der Waals surface area contributed by atoms with Crippen LogP contribution in [0, 0.1) is 0 Å². The molecule has 0 heterocycles. The van der Waals surface area contributed by atoms with Crippen molar-refractivity contribution in [3.8, 4) is 0 Å². The second-order valence-corrected chi connectivity index (χ2v) is 2.69. The molecule has 0 aromatic carbocycles. The summed E-state index contributed by atoms with van der Waals surface area (Å²) in [5.74, 6) is -2.53. The highest BCUT2D eigenvalue weighted by Gasteiger charge is 2.46. The van der Waals surface area contributed by atoms with Crippen molar-refractivity contribution in [3.63, 3.8) is 0 Å². The van der Waals surface area contributed by atoms with Crippen LogP contribution in [-0.2, 0) is 4.79 Å². The van der Waals surface area contributed by atoms with E-state index in [2.05, 4.69) is 0 Å². The summed E-state index contributed by atoms with van der Waals surface area (Å²) in [6.07, 6.45) is 0.227. The van der Waals surface area contributed by atoms with Crippen LogP contribution in [0.5, 0.6) is 0 Å². The minimum absolute atomic E-state index is 0.178. The molecule has 0 aromatic rings. The summed E-state index contributed by atoms with van der Waals surface area (Å²) >= 11 is 0. The maximum Gasteiger partial charge on any atom is 0.252 e. The second-order valence-electron chi connectivity index (χ2n) is 2.69. The van der Waals surface area contributed by atoms with Crippen LogP contribution in [-0.4, -0.2) is 30.3 Å². The van der Waals surface area contributed by atoms with E-state index in [0.717, 1.165) is 0 Å². The molecule has 0 aliphatic heterocycles. The van der Waals surface area contributed by atoms with Crippen molar-refractivity contribution >= 4 is 6.41 Å². The molecule has 1 aliphatic rings. The third kappa shape index (κ3) is 1.25. The van der Waals surface area contributed by atoms with Crippen LogP contribution in [0.2, 0.25) is 0 Å². The largest absolute Gasteiger partial charge is 0.345 e. The van der Waals surface area contributed by atoms with Gasteiger partial charge in [0.2, 0.25) is 6.41 Å². The Hall–Kier alpha value is -0.670. The molecule has 0 bridgehead atoms. The molecule has 1 amide bonds. The number of halogens is 2. The molecular formula is C6H9F2NO. The molecule has 1 aliphatic carbocycles. The fraction of sp³-hybridized carbons (Fsp3) is 0.833. The third-order valence-electron chi connectivity index (χ3n) is 1.81. The fourth-order valence-corrected chi connectivity index (χ4v) is 1.00. The van der Waals surface area contributed by atoms with Gasteiger partial charge in [0.15, 0.2) is 0 Å². The van der Waals surface area contributed by atoms with E-state index in [9.17, 15) is 13.6 Å². The molecule has 10 heavy (non-hydrogen) atoms. The lowest BCUT2D eigenvalue weighted by molar-refractivity contribution is -0.139. The lowest BCUT2D eigenvalue weighted by Crippen LogP contribution is -2.48. The Morgan fingerprint density at radius 2 is 2.10 bits per heavy atom. The predicted molar refractivity (Wildman–Crippen MR) is 31.8 cm³/mol. The van der Waals surface area contributed by atoms with Crippen molar-refractivity contribution in [3.05, 3.63) is 0 Å². The highest BCUT2D eigenvalue weighted by atomic mass is 19.3. The first-order valence-corrected chi connectivity index (χ1v) is 3.10. The Kier molecular flexibility index (Phi) is 1.62. The number of alkyl halides is 2. The summed E-state index contributed by atoms with van der Waals surface area (Å²) in [7, 11) is 1.52. The first-order chi connectivity index (χ1) is 4.55. The first kappa shape index (κ1) is 7.44. The molecule has 1 fully saturated rings. The topological polar surface area (TPSA) is 20.3 Å². The Bertz CT molecular complexity index is 141. The van der Waals surface area contributed by atoms with Crippen LogP contribution >= 0.6 is 0 Å². The summed E-state index contributed by atoms with van der Waals surface area (Å²) in [5.41, 5.74) is 0. The van der Waals surface area contributed by atoms with E-state index in [1.807, 2.05) is 0 Å². The van der Waals surface area contributed by atoms with Crippen molar-refractivity contribution in [2.45, 2.75) is 24.8 Å². The van der Waals surface area contributed by atoms with Gasteiger partial charge in [0.1, 0.15) is 0 Å². The van der Waals surface area contributed by atoms with Gasteiger partial charge >= 0.3 is 0 Å². The molecule has 0 unspecified atom stereocenters. The normalized spacial score (nSPS) is 23.5. The Morgan fingerprint density at radius 1 is 1.60 bits per heavy atom. The smallest absolute Gasteiger partial charge is 0.252 e. The molecule has 2 nitrogen and oxygen atoms in total. The summed E-state index contributed by atoms with van der Waals surface area (Å²) < 4.78 is 24.3. The van der Waals surface area contributed by atoms with Crippen molar-refractivity contribution in [1.29, 1.82) is 0 Å². The quantitative estimate of drug-likeness (QED) is 0.533. The van der Waals surface area contributed by atoms with Crippen LogP contribution in [0.15, 0.2) is 0 Å². The van der Waals surface area contributed by atoms with E-state index in [-0.39, 0.29) is 18.9 Å². The number of carbonyl (C=O) groups is 1. The minimum atomic E-state index is -2.53. The van der Waals surface area contributed by atoms with Crippen molar-refractivity contribution < 1.29 is 13.6 Å². The number of carbonyl (C=O) groups excluding carboxylic acids is 1. The predicted octanol–water partition coefficient (Wildman–Crippen LogP) is 0.872. The molecule has 1 rings (SSSR count). The molecule has 0 atom stereocenters. The number of nitrogens with zero attached hydrogens (tertiary/aromatic N) is 1. The van der Waals surface area contributed by atoms with Gasteiger partial charge < -0.3 is 4.90 Å². The Balaban J connectivity index is 2.32. The van der Waals surface area contributed by atoms with Gasteiger partial charge in [-0.15, -0.1) is 0 Å². The molecule has 1 saturated carbocycles. The van der Waals surface area contributed by atoms with Crippen LogP contribution < -0.4 is 0 Å². The van der Waals surface area contributed by atoms with E-state index in [1.165, 1.54) is 11.9 Å². The highest BCUT2D eigenvalue weighted by molar-refractivity contribution is 5.47. The zero-order chi connectivity index (χ0) is 7.78. The number of hydrogen-bond acceptors (Lipinski definition) is 1. The Labute approximate surface area is 57.8 Å². The molecule has 0 spiro atoms. The van der Waals surface area contributed by atoms with Crippen LogP contribution in [0.3, 0.4) is 0 Å². The maximum atomic E-state index is 12.1. The molecule has 0 saturated heterocycles. The highest BCUT2D eigenvalue weighted by Crippen LogP contribution is 2.39. The van der Waals surface area contributed by atoms with E-state index >= 15 is 0 Å². The van der Waals surface area contributed by atoms with Crippen molar-refractivity contribution in [2.24, 2.45) is 0 Å². The van der Waals surface area contributed by atoms with E-state index in [0.29, 0.717) is 6.41 Å². The van der Waals surface area contributed by atoms with Gasteiger partial charge in [-0.2, -0.15) is 0 Å². The maximum absolute atomic E-state index is 12.1. The van der Waals surface area contributed by atoms with Gasteiger partial charge in [-0.3, -0.25) is 4.79 Å². The van der Waals surface area contributed by atoms with Crippen LogP contribution in [0.1, 0.15) is 12.8 Å². The second kappa shape index (κ2) is 2.18. The molecule has 0 aromatic heterocycles. The van der Waals surface area contributed by atoms with E-state index in [4.69, 9.17) is 0 Å². The van der Waals surface area contributed by atoms with Crippen molar-refractivity contribution in [2.75, 3.05) is 7.05 Å². The summed E-state index contributed by atoms with van der Waals surface area (Å²) in [5, 5.41) is 0. The summed E-state index contributed by atoms with van der Waals surface area (Å²) in [4.78, 5) is 11.3. The van der Waals surface area contributed by atoms with Gasteiger partial charge in [0.25, 0.3) is 5.92 Å². The molecule has 4 heteroatoms. The first-order valence-electron chi connectivity index (χ1n) is 3.10. The van der Waals surface area contributed by atoms with Crippen molar-refractivity contribution in [1.82, 2.24) is 4.90 Å². The molecule has 0 radical (unpaired) electrons. The van der Waals surface area contributed by atoms with Crippen LogP contribution in [0.4, 0.5) is 8.78 Å². The van der Waals surface area contributed by atoms with Gasteiger partial charge in [-0.05, 0) is 0 Å². The standard InChI is InChI=1S/C6H9F2NO/c1-9(4-10)5-2-6(7,8)3-5/h4-5H,2-3H2,1H3. The average Bonchev–Trinajstić information content (AvgIpc) is 1.81. The van der Waals surface area contributed by atoms with Crippen LogP contribution in [0.25, 0.3) is 0 Å². The van der Waals surface area contributed by atoms with Gasteiger partial charge in [0.05, 0.1) is 0 Å². The van der Waals surface area contributed by atoms with E-state index < -0.39 is 5.92 Å². The fourth-order valence-electron chi connectivity index (χ4n) is 1.00.